The summed E-state index contributed by atoms with van der Waals surface area (Å²) in [5.41, 5.74) is 1.39. The number of guanidine groups is 1. The number of benzene rings is 1. The maximum Gasteiger partial charge on any atom is 0.191 e. The van der Waals surface area contributed by atoms with E-state index in [-0.39, 0.29) is 24.0 Å². The van der Waals surface area contributed by atoms with Crippen LogP contribution >= 0.6 is 24.0 Å². The number of unbranched alkanes of at least 4 members (excludes halogenated alkanes) is 1. The molecule has 2 atom stereocenters. The van der Waals surface area contributed by atoms with Gasteiger partial charge in [-0.1, -0.05) is 30.3 Å². The highest BCUT2D eigenvalue weighted by molar-refractivity contribution is 14.0. The third-order valence-corrected chi connectivity index (χ3v) is 5.87. The Hall–Kier alpha value is -0.900. The van der Waals surface area contributed by atoms with Gasteiger partial charge in [0.05, 0.1) is 13.2 Å². The van der Waals surface area contributed by atoms with Gasteiger partial charge in [0.25, 0.3) is 0 Å². The molecule has 7 heteroatoms. The van der Waals surface area contributed by atoms with Crippen LogP contribution in [0.15, 0.2) is 35.3 Å². The lowest BCUT2D eigenvalue weighted by atomic mass is 10.2. The molecule has 2 N–H and O–H groups in total. The van der Waals surface area contributed by atoms with Gasteiger partial charge in [-0.15, -0.1) is 24.0 Å². The average Bonchev–Trinajstić information content (AvgIpc) is 3.08. The van der Waals surface area contributed by atoms with Crippen LogP contribution in [0.1, 0.15) is 38.7 Å². The van der Waals surface area contributed by atoms with Crippen LogP contribution in [0.25, 0.3) is 0 Å². The molecule has 2 unspecified atom stereocenters. The second kappa shape index (κ2) is 14.2. The Labute approximate surface area is 199 Å². The minimum atomic E-state index is 0. The fourth-order valence-corrected chi connectivity index (χ4v) is 4.22. The Kier molecular flexibility index (Phi) is 12.0. The normalized spacial score (nSPS) is 23.2. The van der Waals surface area contributed by atoms with Crippen molar-refractivity contribution in [1.82, 2.24) is 20.4 Å². The van der Waals surface area contributed by atoms with Crippen molar-refractivity contribution in [3.8, 4) is 0 Å². The molecule has 2 heterocycles. The summed E-state index contributed by atoms with van der Waals surface area (Å²) in [7, 11) is 0. The van der Waals surface area contributed by atoms with E-state index in [2.05, 4.69) is 64.6 Å². The van der Waals surface area contributed by atoms with Gasteiger partial charge in [0, 0.05) is 51.4 Å². The number of likely N-dealkylation sites (tertiary alicyclic amines) is 1. The molecule has 1 aromatic rings. The zero-order chi connectivity index (χ0) is 20.3. The largest absolute Gasteiger partial charge is 0.379 e. The molecule has 0 aromatic heterocycles. The molecule has 1 aromatic carbocycles. The number of hydrogen-bond donors (Lipinski definition) is 2. The summed E-state index contributed by atoms with van der Waals surface area (Å²) in [5.74, 6) is 0.970. The number of nitrogens with one attached hydrogen (secondary N) is 2. The molecule has 2 fully saturated rings. The number of nitrogens with zero attached hydrogens (tertiary/aromatic N) is 3. The summed E-state index contributed by atoms with van der Waals surface area (Å²) in [6.45, 7) is 13.4. The quantitative estimate of drug-likeness (QED) is 0.223. The third kappa shape index (κ3) is 8.69. The van der Waals surface area contributed by atoms with E-state index in [1.54, 1.807) is 0 Å². The first-order valence-corrected chi connectivity index (χ1v) is 11.4. The SMILES string of the molecule is CCNC(=NCCCCN1CCOCC1)NC1CC(C)N(Cc2ccccc2)C1.I. The van der Waals surface area contributed by atoms with Gasteiger partial charge < -0.3 is 15.4 Å². The highest BCUT2D eigenvalue weighted by Gasteiger charge is 2.29. The van der Waals surface area contributed by atoms with E-state index in [0.717, 1.165) is 77.8 Å². The Bertz CT molecular complexity index is 609. The average molecular weight is 530 g/mol. The van der Waals surface area contributed by atoms with Crippen molar-refractivity contribution in [2.45, 2.75) is 51.7 Å². The fourth-order valence-electron chi connectivity index (χ4n) is 4.22. The number of rotatable bonds is 9. The van der Waals surface area contributed by atoms with Crippen LogP contribution in [0.2, 0.25) is 0 Å². The molecule has 2 aliphatic rings. The van der Waals surface area contributed by atoms with E-state index in [9.17, 15) is 0 Å². The van der Waals surface area contributed by atoms with Crippen LogP contribution in [0.4, 0.5) is 0 Å². The van der Waals surface area contributed by atoms with Gasteiger partial charge in [-0.2, -0.15) is 0 Å². The molecule has 30 heavy (non-hydrogen) atoms. The minimum Gasteiger partial charge on any atom is -0.379 e. The van der Waals surface area contributed by atoms with Gasteiger partial charge >= 0.3 is 0 Å². The zero-order valence-corrected chi connectivity index (χ0v) is 21.0. The maximum absolute atomic E-state index is 5.41. The van der Waals surface area contributed by atoms with Crippen molar-refractivity contribution < 1.29 is 4.74 Å². The van der Waals surface area contributed by atoms with Crippen LogP contribution in [-0.2, 0) is 11.3 Å². The van der Waals surface area contributed by atoms with Crippen LogP contribution in [0.5, 0.6) is 0 Å². The molecule has 0 spiro atoms. The second-order valence-corrected chi connectivity index (χ2v) is 8.26. The number of halogens is 1. The summed E-state index contributed by atoms with van der Waals surface area (Å²) < 4.78 is 5.41. The minimum absolute atomic E-state index is 0. The first-order valence-electron chi connectivity index (χ1n) is 11.4. The van der Waals surface area contributed by atoms with E-state index in [0.29, 0.717) is 12.1 Å². The van der Waals surface area contributed by atoms with Crippen molar-refractivity contribution in [2.75, 3.05) is 52.5 Å². The molecule has 0 radical (unpaired) electrons. The monoisotopic (exact) mass is 529 g/mol. The van der Waals surface area contributed by atoms with Crippen molar-refractivity contribution >= 4 is 29.9 Å². The molecular weight excluding hydrogens is 489 g/mol. The summed E-state index contributed by atoms with van der Waals surface area (Å²) in [4.78, 5) is 9.89. The lowest BCUT2D eigenvalue weighted by Crippen LogP contribution is -2.44. The lowest BCUT2D eigenvalue weighted by Gasteiger charge is -2.26. The smallest absolute Gasteiger partial charge is 0.191 e. The first-order chi connectivity index (χ1) is 14.2. The van der Waals surface area contributed by atoms with Gasteiger partial charge in [-0.3, -0.25) is 14.8 Å². The standard InChI is InChI=1S/C23H39N5O.HI/c1-3-24-23(25-11-7-8-12-27-13-15-29-16-14-27)26-22-17-20(2)28(19-22)18-21-9-5-4-6-10-21;/h4-6,9-10,20,22H,3,7-8,11-19H2,1-2H3,(H2,24,25,26);1H. The second-order valence-electron chi connectivity index (χ2n) is 8.26. The highest BCUT2D eigenvalue weighted by atomic mass is 127. The van der Waals surface area contributed by atoms with E-state index >= 15 is 0 Å². The molecule has 0 bridgehead atoms. The van der Waals surface area contributed by atoms with Crippen molar-refractivity contribution in [1.29, 1.82) is 0 Å². The predicted molar refractivity (Wildman–Crippen MR) is 136 cm³/mol. The molecule has 3 rings (SSSR count). The van der Waals surface area contributed by atoms with Gasteiger partial charge in [0.1, 0.15) is 0 Å². The molecule has 2 saturated heterocycles. The van der Waals surface area contributed by atoms with Gasteiger partial charge in [-0.05, 0) is 45.2 Å². The summed E-state index contributed by atoms with van der Waals surface area (Å²) in [5, 5.41) is 7.10. The predicted octanol–water partition coefficient (Wildman–Crippen LogP) is 2.93. The van der Waals surface area contributed by atoms with Gasteiger partial charge in [-0.25, -0.2) is 0 Å². The van der Waals surface area contributed by atoms with Crippen LogP contribution in [0, 0.1) is 0 Å². The Morgan fingerprint density at radius 2 is 1.93 bits per heavy atom. The number of aliphatic imine (C=N–C) groups is 1. The van der Waals surface area contributed by atoms with E-state index in [1.165, 1.54) is 12.0 Å². The Morgan fingerprint density at radius 1 is 1.17 bits per heavy atom. The lowest BCUT2D eigenvalue weighted by molar-refractivity contribution is 0.0373. The van der Waals surface area contributed by atoms with Crippen LogP contribution < -0.4 is 10.6 Å². The van der Waals surface area contributed by atoms with Gasteiger partial charge in [0.2, 0.25) is 0 Å². The van der Waals surface area contributed by atoms with Gasteiger partial charge in [0.15, 0.2) is 5.96 Å². The highest BCUT2D eigenvalue weighted by Crippen LogP contribution is 2.20. The van der Waals surface area contributed by atoms with Crippen molar-refractivity contribution in [3.63, 3.8) is 0 Å². The molecule has 0 aliphatic carbocycles. The molecule has 170 valence electrons. The van der Waals surface area contributed by atoms with Crippen LogP contribution in [0.3, 0.4) is 0 Å². The first kappa shape index (κ1) is 25.4. The molecular formula is C23H40IN5O. The third-order valence-electron chi connectivity index (χ3n) is 5.87. The van der Waals surface area contributed by atoms with E-state index in [4.69, 9.17) is 9.73 Å². The number of ether oxygens (including phenoxy) is 1. The van der Waals surface area contributed by atoms with Crippen LogP contribution in [-0.4, -0.2) is 80.3 Å². The van der Waals surface area contributed by atoms with E-state index in [1.807, 2.05) is 0 Å². The number of morpholine rings is 1. The Balaban J connectivity index is 0.00000320. The zero-order valence-electron chi connectivity index (χ0n) is 18.7. The van der Waals surface area contributed by atoms with Crippen molar-refractivity contribution in [2.24, 2.45) is 4.99 Å². The van der Waals surface area contributed by atoms with E-state index < -0.39 is 0 Å². The number of hydrogen-bond acceptors (Lipinski definition) is 4. The fraction of sp³-hybridized carbons (Fsp3) is 0.696. The van der Waals surface area contributed by atoms with Crippen molar-refractivity contribution in [3.05, 3.63) is 35.9 Å². The molecule has 0 amide bonds. The summed E-state index contributed by atoms with van der Waals surface area (Å²) in [6.07, 6.45) is 3.50. The maximum atomic E-state index is 5.41. The summed E-state index contributed by atoms with van der Waals surface area (Å²) >= 11 is 0. The molecule has 6 nitrogen and oxygen atoms in total. The summed E-state index contributed by atoms with van der Waals surface area (Å²) in [6, 6.07) is 11.8. The Morgan fingerprint density at radius 3 is 2.67 bits per heavy atom. The molecule has 0 saturated carbocycles. The topological polar surface area (TPSA) is 52.1 Å². The molecule has 2 aliphatic heterocycles.